The molecule has 0 bridgehead atoms. The first kappa shape index (κ1) is 11.5. The predicted octanol–water partition coefficient (Wildman–Crippen LogP) is 1.92. The molecule has 0 aliphatic carbocycles. The SMILES string of the molecule is Fc1ccccc1Cn1nnc(-c2ccncc2)n1. The molecular formula is C13H10FN5. The number of aromatic nitrogens is 5. The fourth-order valence-corrected chi connectivity index (χ4v) is 1.71. The van der Waals surface area contributed by atoms with Crippen LogP contribution in [-0.4, -0.2) is 25.2 Å². The molecule has 0 fully saturated rings. The monoisotopic (exact) mass is 255 g/mol. The summed E-state index contributed by atoms with van der Waals surface area (Å²) in [5.41, 5.74) is 1.36. The van der Waals surface area contributed by atoms with Crippen molar-refractivity contribution < 1.29 is 4.39 Å². The van der Waals surface area contributed by atoms with E-state index in [0.717, 1.165) is 5.56 Å². The van der Waals surface area contributed by atoms with Crippen LogP contribution in [0.4, 0.5) is 4.39 Å². The molecule has 2 heterocycles. The highest BCUT2D eigenvalue weighted by molar-refractivity contribution is 5.52. The smallest absolute Gasteiger partial charge is 0.205 e. The largest absolute Gasteiger partial charge is 0.265 e. The molecule has 6 heteroatoms. The maximum Gasteiger partial charge on any atom is 0.205 e. The zero-order chi connectivity index (χ0) is 13.1. The number of nitrogens with zero attached hydrogens (tertiary/aromatic N) is 5. The van der Waals surface area contributed by atoms with Crippen LogP contribution in [0.1, 0.15) is 5.56 Å². The van der Waals surface area contributed by atoms with Crippen molar-refractivity contribution in [3.8, 4) is 11.4 Å². The van der Waals surface area contributed by atoms with E-state index < -0.39 is 0 Å². The minimum absolute atomic E-state index is 0.255. The molecule has 5 nitrogen and oxygen atoms in total. The normalized spacial score (nSPS) is 10.6. The Labute approximate surface area is 108 Å². The maximum atomic E-state index is 13.5. The zero-order valence-electron chi connectivity index (χ0n) is 9.94. The zero-order valence-corrected chi connectivity index (χ0v) is 9.94. The van der Waals surface area contributed by atoms with Gasteiger partial charge in [-0.25, -0.2) is 4.39 Å². The minimum Gasteiger partial charge on any atom is -0.265 e. The molecule has 2 aromatic heterocycles. The number of hydrogen-bond donors (Lipinski definition) is 0. The van der Waals surface area contributed by atoms with E-state index in [0.29, 0.717) is 11.4 Å². The van der Waals surface area contributed by atoms with Crippen LogP contribution in [0.3, 0.4) is 0 Å². The summed E-state index contributed by atoms with van der Waals surface area (Å²) in [5, 5.41) is 12.1. The average Bonchev–Trinajstić information content (AvgIpc) is 2.91. The Morgan fingerprint density at radius 1 is 1.05 bits per heavy atom. The lowest BCUT2D eigenvalue weighted by Gasteiger charge is -2.00. The molecule has 0 aliphatic rings. The van der Waals surface area contributed by atoms with E-state index in [1.54, 1.807) is 42.7 Å². The van der Waals surface area contributed by atoms with Crippen molar-refractivity contribution in [2.24, 2.45) is 0 Å². The first-order valence-corrected chi connectivity index (χ1v) is 5.74. The quantitative estimate of drug-likeness (QED) is 0.717. The molecule has 19 heavy (non-hydrogen) atoms. The van der Waals surface area contributed by atoms with Crippen LogP contribution in [0.25, 0.3) is 11.4 Å². The van der Waals surface area contributed by atoms with Gasteiger partial charge in [0, 0.05) is 23.5 Å². The molecule has 0 aliphatic heterocycles. The Kier molecular flexibility index (Phi) is 2.97. The summed E-state index contributed by atoms with van der Waals surface area (Å²) in [6, 6.07) is 10.1. The number of pyridine rings is 1. The van der Waals surface area contributed by atoms with Gasteiger partial charge in [0.15, 0.2) is 0 Å². The molecular weight excluding hydrogens is 245 g/mol. The Morgan fingerprint density at radius 2 is 1.84 bits per heavy atom. The third-order valence-electron chi connectivity index (χ3n) is 2.66. The van der Waals surface area contributed by atoms with E-state index in [9.17, 15) is 4.39 Å². The Balaban J connectivity index is 1.85. The van der Waals surface area contributed by atoms with Gasteiger partial charge in [-0.05, 0) is 23.4 Å². The van der Waals surface area contributed by atoms with Gasteiger partial charge in [-0.15, -0.1) is 10.2 Å². The lowest BCUT2D eigenvalue weighted by atomic mass is 10.2. The molecule has 3 rings (SSSR count). The summed E-state index contributed by atoms with van der Waals surface area (Å²) in [5.74, 6) is 0.226. The maximum absolute atomic E-state index is 13.5. The van der Waals surface area contributed by atoms with E-state index >= 15 is 0 Å². The molecule has 0 amide bonds. The van der Waals surface area contributed by atoms with Gasteiger partial charge in [0.2, 0.25) is 5.82 Å². The number of hydrogen-bond acceptors (Lipinski definition) is 4. The lowest BCUT2D eigenvalue weighted by Crippen LogP contribution is -2.05. The molecule has 0 spiro atoms. The molecule has 0 saturated heterocycles. The molecule has 3 aromatic rings. The molecule has 0 saturated carbocycles. The summed E-state index contributed by atoms with van der Waals surface area (Å²) < 4.78 is 13.5. The van der Waals surface area contributed by atoms with Crippen LogP contribution < -0.4 is 0 Å². The van der Waals surface area contributed by atoms with Crippen molar-refractivity contribution in [3.05, 3.63) is 60.2 Å². The Hall–Kier alpha value is -2.63. The van der Waals surface area contributed by atoms with Crippen molar-refractivity contribution in [1.29, 1.82) is 0 Å². The lowest BCUT2D eigenvalue weighted by molar-refractivity contribution is 0.539. The third-order valence-corrected chi connectivity index (χ3v) is 2.66. The molecule has 0 unspecified atom stereocenters. The van der Waals surface area contributed by atoms with Crippen LogP contribution >= 0.6 is 0 Å². The molecule has 0 atom stereocenters. The summed E-state index contributed by atoms with van der Waals surface area (Å²) >= 11 is 0. The van der Waals surface area contributed by atoms with Crippen molar-refractivity contribution in [2.75, 3.05) is 0 Å². The van der Waals surface area contributed by atoms with Crippen LogP contribution in [0.15, 0.2) is 48.8 Å². The predicted molar refractivity (Wildman–Crippen MR) is 66.6 cm³/mol. The molecule has 0 radical (unpaired) electrons. The van der Waals surface area contributed by atoms with Gasteiger partial charge in [0.25, 0.3) is 0 Å². The Morgan fingerprint density at radius 3 is 2.63 bits per heavy atom. The topological polar surface area (TPSA) is 56.5 Å². The highest BCUT2D eigenvalue weighted by atomic mass is 19.1. The van der Waals surface area contributed by atoms with Crippen LogP contribution in [0.2, 0.25) is 0 Å². The van der Waals surface area contributed by atoms with Crippen molar-refractivity contribution >= 4 is 0 Å². The second kappa shape index (κ2) is 4.93. The van der Waals surface area contributed by atoms with E-state index in [4.69, 9.17) is 0 Å². The van der Waals surface area contributed by atoms with Gasteiger partial charge in [-0.1, -0.05) is 18.2 Å². The number of benzene rings is 1. The van der Waals surface area contributed by atoms with E-state index in [-0.39, 0.29) is 12.4 Å². The second-order valence-corrected chi connectivity index (χ2v) is 3.97. The average molecular weight is 255 g/mol. The molecule has 1 aromatic carbocycles. The number of rotatable bonds is 3. The Bertz CT molecular complexity index is 680. The fourth-order valence-electron chi connectivity index (χ4n) is 1.71. The summed E-state index contributed by atoms with van der Waals surface area (Å²) in [4.78, 5) is 5.29. The van der Waals surface area contributed by atoms with Gasteiger partial charge in [-0.3, -0.25) is 4.98 Å². The van der Waals surface area contributed by atoms with Crippen LogP contribution in [-0.2, 0) is 6.54 Å². The second-order valence-electron chi connectivity index (χ2n) is 3.97. The van der Waals surface area contributed by atoms with Gasteiger partial charge in [-0.2, -0.15) is 4.80 Å². The summed E-state index contributed by atoms with van der Waals surface area (Å²) in [7, 11) is 0. The highest BCUT2D eigenvalue weighted by Crippen LogP contribution is 2.12. The standard InChI is InChI=1S/C13H10FN5/c14-12-4-2-1-3-11(12)9-19-17-13(16-18-19)10-5-7-15-8-6-10/h1-8H,9H2. The van der Waals surface area contributed by atoms with Crippen LogP contribution in [0, 0.1) is 5.82 Å². The molecule has 0 N–H and O–H groups in total. The third kappa shape index (κ3) is 2.47. The van der Waals surface area contributed by atoms with Crippen molar-refractivity contribution in [1.82, 2.24) is 25.2 Å². The van der Waals surface area contributed by atoms with E-state index in [1.807, 2.05) is 0 Å². The van der Waals surface area contributed by atoms with Crippen molar-refractivity contribution in [3.63, 3.8) is 0 Å². The first-order chi connectivity index (χ1) is 9.33. The number of halogens is 1. The molecule has 94 valence electrons. The van der Waals surface area contributed by atoms with Gasteiger partial charge >= 0.3 is 0 Å². The summed E-state index contributed by atoms with van der Waals surface area (Å²) in [6.45, 7) is 0.255. The van der Waals surface area contributed by atoms with E-state index in [2.05, 4.69) is 20.4 Å². The van der Waals surface area contributed by atoms with Gasteiger partial charge < -0.3 is 0 Å². The van der Waals surface area contributed by atoms with Gasteiger partial charge in [0.05, 0.1) is 6.54 Å². The first-order valence-electron chi connectivity index (χ1n) is 5.74. The van der Waals surface area contributed by atoms with Crippen molar-refractivity contribution in [2.45, 2.75) is 6.54 Å². The minimum atomic E-state index is -0.273. The van der Waals surface area contributed by atoms with Gasteiger partial charge in [0.1, 0.15) is 5.82 Å². The van der Waals surface area contributed by atoms with Crippen LogP contribution in [0.5, 0.6) is 0 Å². The fraction of sp³-hybridized carbons (Fsp3) is 0.0769. The van der Waals surface area contributed by atoms with E-state index in [1.165, 1.54) is 10.9 Å². The highest BCUT2D eigenvalue weighted by Gasteiger charge is 2.07. The number of tetrazole rings is 1. The summed E-state index contributed by atoms with van der Waals surface area (Å²) in [6.07, 6.45) is 3.32.